The molecule has 1 aromatic heterocycles. The van der Waals surface area contributed by atoms with Gasteiger partial charge in [0.25, 0.3) is 0 Å². The predicted octanol–water partition coefficient (Wildman–Crippen LogP) is 2.54. The van der Waals surface area contributed by atoms with Crippen LogP contribution in [0.5, 0.6) is 0 Å². The molecule has 1 atom stereocenters. The Morgan fingerprint density at radius 3 is 2.76 bits per heavy atom. The minimum Gasteiger partial charge on any atom is -0.338 e. The molecule has 0 bridgehead atoms. The third kappa shape index (κ3) is 3.40. The highest BCUT2D eigenvalue weighted by molar-refractivity contribution is 5.32. The summed E-state index contributed by atoms with van der Waals surface area (Å²) in [5.74, 6) is 1.65. The highest BCUT2D eigenvalue weighted by atomic mass is 19.1. The molecule has 21 heavy (non-hydrogen) atoms. The standard InChI is InChI=1S/C16H21FN4/c1-20-16(21-11-10-14(17)12-21)18-15(19-20)9-5-8-13-6-3-2-4-7-13/h2-4,6-7,14H,5,8-12H2,1H3. The topological polar surface area (TPSA) is 34.0 Å². The number of hydrogen-bond donors (Lipinski definition) is 0. The van der Waals surface area contributed by atoms with E-state index < -0.39 is 6.17 Å². The summed E-state index contributed by atoms with van der Waals surface area (Å²) in [5.41, 5.74) is 1.34. The molecule has 0 amide bonds. The maximum Gasteiger partial charge on any atom is 0.223 e. The molecule has 0 spiro atoms. The SMILES string of the molecule is Cn1nc(CCCc2ccccc2)nc1N1CCC(F)C1. The van der Waals surface area contributed by atoms with Crippen LogP contribution in [0, 0.1) is 0 Å². The minimum atomic E-state index is -0.733. The van der Waals surface area contributed by atoms with Crippen molar-refractivity contribution in [1.29, 1.82) is 0 Å². The largest absolute Gasteiger partial charge is 0.338 e. The highest BCUT2D eigenvalue weighted by Crippen LogP contribution is 2.20. The van der Waals surface area contributed by atoms with E-state index in [1.54, 1.807) is 4.68 Å². The molecule has 5 heteroatoms. The lowest BCUT2D eigenvalue weighted by molar-refractivity contribution is 0.364. The number of rotatable bonds is 5. The van der Waals surface area contributed by atoms with Gasteiger partial charge in [0, 0.05) is 20.0 Å². The first-order valence-electron chi connectivity index (χ1n) is 7.55. The van der Waals surface area contributed by atoms with Crippen LogP contribution in [0.25, 0.3) is 0 Å². The lowest BCUT2D eigenvalue weighted by Crippen LogP contribution is -2.23. The summed E-state index contributed by atoms with van der Waals surface area (Å²) in [6.45, 7) is 1.17. The summed E-state index contributed by atoms with van der Waals surface area (Å²) in [5, 5.41) is 4.45. The Morgan fingerprint density at radius 1 is 1.24 bits per heavy atom. The van der Waals surface area contributed by atoms with Crippen molar-refractivity contribution in [3.63, 3.8) is 0 Å². The number of alkyl halides is 1. The minimum absolute atomic E-state index is 0.440. The molecule has 1 fully saturated rings. The zero-order valence-corrected chi connectivity index (χ0v) is 12.4. The maximum atomic E-state index is 13.3. The first kappa shape index (κ1) is 14.0. The van der Waals surface area contributed by atoms with Gasteiger partial charge in [-0.25, -0.2) is 9.07 Å². The van der Waals surface area contributed by atoms with Crippen LogP contribution in [-0.2, 0) is 19.9 Å². The second kappa shape index (κ2) is 6.24. The number of halogens is 1. The number of benzene rings is 1. The van der Waals surface area contributed by atoms with E-state index in [0.29, 0.717) is 13.0 Å². The number of anilines is 1. The van der Waals surface area contributed by atoms with Crippen LogP contribution in [0.1, 0.15) is 24.2 Å². The zero-order chi connectivity index (χ0) is 14.7. The summed E-state index contributed by atoms with van der Waals surface area (Å²) in [6.07, 6.45) is 2.78. The van der Waals surface area contributed by atoms with Crippen molar-refractivity contribution in [2.24, 2.45) is 7.05 Å². The molecule has 1 unspecified atom stereocenters. The van der Waals surface area contributed by atoms with Gasteiger partial charge in [0.15, 0.2) is 5.82 Å². The van der Waals surface area contributed by atoms with Crippen LogP contribution >= 0.6 is 0 Å². The smallest absolute Gasteiger partial charge is 0.223 e. The summed E-state index contributed by atoms with van der Waals surface area (Å²) in [4.78, 5) is 6.55. The van der Waals surface area contributed by atoms with Gasteiger partial charge in [-0.15, -0.1) is 0 Å². The van der Waals surface area contributed by atoms with Gasteiger partial charge >= 0.3 is 0 Å². The number of nitrogens with zero attached hydrogens (tertiary/aromatic N) is 4. The molecule has 3 rings (SSSR count). The molecule has 0 N–H and O–H groups in total. The Kier molecular flexibility index (Phi) is 4.18. The van der Waals surface area contributed by atoms with Gasteiger partial charge in [-0.2, -0.15) is 10.1 Å². The van der Waals surface area contributed by atoms with Crippen molar-refractivity contribution in [3.05, 3.63) is 41.7 Å². The van der Waals surface area contributed by atoms with Crippen molar-refractivity contribution in [1.82, 2.24) is 14.8 Å². The van der Waals surface area contributed by atoms with Crippen LogP contribution < -0.4 is 4.90 Å². The summed E-state index contributed by atoms with van der Waals surface area (Å²) in [6, 6.07) is 10.4. The van der Waals surface area contributed by atoms with Crippen molar-refractivity contribution in [2.75, 3.05) is 18.0 Å². The predicted molar refractivity (Wildman–Crippen MR) is 81.2 cm³/mol. The van der Waals surface area contributed by atoms with Gasteiger partial charge in [0.1, 0.15) is 6.17 Å². The fourth-order valence-corrected chi connectivity index (χ4v) is 2.80. The molecule has 1 aliphatic heterocycles. The molecule has 4 nitrogen and oxygen atoms in total. The van der Waals surface area contributed by atoms with E-state index in [0.717, 1.165) is 37.6 Å². The first-order valence-corrected chi connectivity index (χ1v) is 7.55. The molecule has 0 aliphatic carbocycles. The van der Waals surface area contributed by atoms with E-state index >= 15 is 0 Å². The Labute approximate surface area is 124 Å². The quantitative estimate of drug-likeness (QED) is 0.848. The molecule has 1 aliphatic rings. The summed E-state index contributed by atoms with van der Waals surface area (Å²) < 4.78 is 15.1. The van der Waals surface area contributed by atoms with Crippen molar-refractivity contribution in [2.45, 2.75) is 31.9 Å². The molecule has 0 saturated carbocycles. The van der Waals surface area contributed by atoms with Gasteiger partial charge in [-0.3, -0.25) is 0 Å². The van der Waals surface area contributed by atoms with Gasteiger partial charge in [0.2, 0.25) is 5.95 Å². The lowest BCUT2D eigenvalue weighted by atomic mass is 10.1. The third-order valence-electron chi connectivity index (χ3n) is 3.91. The monoisotopic (exact) mass is 288 g/mol. The van der Waals surface area contributed by atoms with E-state index in [1.165, 1.54) is 5.56 Å². The number of hydrogen-bond acceptors (Lipinski definition) is 3. The van der Waals surface area contributed by atoms with E-state index in [9.17, 15) is 4.39 Å². The van der Waals surface area contributed by atoms with E-state index in [-0.39, 0.29) is 0 Å². The van der Waals surface area contributed by atoms with E-state index in [1.807, 2.05) is 18.0 Å². The van der Waals surface area contributed by atoms with E-state index in [2.05, 4.69) is 34.3 Å². The Balaban J connectivity index is 1.57. The van der Waals surface area contributed by atoms with Crippen molar-refractivity contribution in [3.8, 4) is 0 Å². The number of aromatic nitrogens is 3. The van der Waals surface area contributed by atoms with Gasteiger partial charge in [-0.05, 0) is 24.8 Å². The fraction of sp³-hybridized carbons (Fsp3) is 0.500. The normalized spacial score (nSPS) is 18.4. The average Bonchev–Trinajstić information content (AvgIpc) is 3.06. The second-order valence-corrected chi connectivity index (χ2v) is 5.62. The zero-order valence-electron chi connectivity index (χ0n) is 12.4. The van der Waals surface area contributed by atoms with Gasteiger partial charge in [0.05, 0.1) is 6.54 Å². The van der Waals surface area contributed by atoms with Crippen LogP contribution in [0.3, 0.4) is 0 Å². The molecular weight excluding hydrogens is 267 g/mol. The molecule has 2 heterocycles. The summed E-state index contributed by atoms with van der Waals surface area (Å²) in [7, 11) is 1.88. The van der Waals surface area contributed by atoms with Gasteiger partial charge in [-0.1, -0.05) is 30.3 Å². The third-order valence-corrected chi connectivity index (χ3v) is 3.91. The Morgan fingerprint density at radius 2 is 2.05 bits per heavy atom. The number of aryl methyl sites for hydroxylation is 3. The van der Waals surface area contributed by atoms with Crippen molar-refractivity contribution < 1.29 is 4.39 Å². The molecule has 1 aromatic carbocycles. The van der Waals surface area contributed by atoms with Crippen LogP contribution in [0.4, 0.5) is 10.3 Å². The molecule has 1 saturated heterocycles. The molecular formula is C16H21FN4. The second-order valence-electron chi connectivity index (χ2n) is 5.62. The van der Waals surface area contributed by atoms with Gasteiger partial charge < -0.3 is 4.90 Å². The maximum absolute atomic E-state index is 13.3. The average molecular weight is 288 g/mol. The molecule has 0 radical (unpaired) electrons. The highest BCUT2D eigenvalue weighted by Gasteiger charge is 2.25. The fourth-order valence-electron chi connectivity index (χ4n) is 2.80. The van der Waals surface area contributed by atoms with Crippen LogP contribution in [0.15, 0.2) is 30.3 Å². The lowest BCUT2D eigenvalue weighted by Gasteiger charge is -2.14. The Hall–Kier alpha value is -1.91. The molecule has 112 valence electrons. The molecule has 2 aromatic rings. The Bertz CT molecular complexity index is 581. The van der Waals surface area contributed by atoms with E-state index in [4.69, 9.17) is 0 Å². The first-order chi connectivity index (χ1) is 10.2. The van der Waals surface area contributed by atoms with Crippen molar-refractivity contribution >= 4 is 5.95 Å². The van der Waals surface area contributed by atoms with Crippen LogP contribution in [-0.4, -0.2) is 34.0 Å². The summed E-state index contributed by atoms with van der Waals surface area (Å²) >= 11 is 0. The van der Waals surface area contributed by atoms with Crippen LogP contribution in [0.2, 0.25) is 0 Å².